The molecule has 2 amide bonds. The molecule has 5 N–H and O–H groups in total. The summed E-state index contributed by atoms with van der Waals surface area (Å²) >= 11 is 0. The first-order valence-electron chi connectivity index (χ1n) is 10.9. The van der Waals surface area contributed by atoms with Gasteiger partial charge in [0.2, 0.25) is 17.7 Å². The first-order chi connectivity index (χ1) is 15.3. The smallest absolute Gasteiger partial charge is 0.308 e. The molecule has 10 nitrogen and oxygen atoms in total. The van der Waals surface area contributed by atoms with Crippen LogP contribution in [0.3, 0.4) is 0 Å². The molecular formula is C23H34N4O6. The molecule has 0 bridgehead atoms. The molecule has 0 spiro atoms. The van der Waals surface area contributed by atoms with Crippen molar-refractivity contribution in [2.75, 3.05) is 0 Å². The molecule has 2 aromatic rings. The van der Waals surface area contributed by atoms with Gasteiger partial charge in [-0.1, -0.05) is 26.0 Å². The number of esters is 1. The third-order valence-corrected chi connectivity index (χ3v) is 4.85. The topological polar surface area (TPSA) is 157 Å². The number of hydrogen-bond acceptors (Lipinski definition) is 8. The van der Waals surface area contributed by atoms with E-state index in [0.717, 1.165) is 0 Å². The van der Waals surface area contributed by atoms with Crippen LogP contribution in [-0.4, -0.2) is 51.6 Å². The first kappa shape index (κ1) is 26.3. The molecule has 1 heterocycles. The average Bonchev–Trinajstić information content (AvgIpc) is 3.14. The van der Waals surface area contributed by atoms with Crippen molar-refractivity contribution in [3.8, 4) is 0 Å². The average molecular weight is 463 g/mol. The van der Waals surface area contributed by atoms with Crippen LogP contribution >= 0.6 is 0 Å². The number of nitrogens with zero attached hydrogens (tertiary/aromatic N) is 1. The lowest BCUT2D eigenvalue weighted by Crippen LogP contribution is -2.54. The van der Waals surface area contributed by atoms with Gasteiger partial charge in [0.05, 0.1) is 18.5 Å². The van der Waals surface area contributed by atoms with Crippen molar-refractivity contribution in [1.29, 1.82) is 0 Å². The lowest BCUT2D eigenvalue weighted by atomic mass is 10.0. The lowest BCUT2D eigenvalue weighted by molar-refractivity contribution is -0.156. The lowest BCUT2D eigenvalue weighted by Gasteiger charge is -2.26. The number of amides is 2. The summed E-state index contributed by atoms with van der Waals surface area (Å²) in [6, 6.07) is 4.09. The Kier molecular flexibility index (Phi) is 8.57. The normalized spacial score (nSPS) is 15.5. The quantitative estimate of drug-likeness (QED) is 0.409. The highest BCUT2D eigenvalue weighted by Crippen LogP contribution is 2.24. The van der Waals surface area contributed by atoms with Crippen LogP contribution < -0.4 is 16.4 Å². The molecule has 0 saturated carbocycles. The number of ether oxygens (including phenoxy) is 1. The zero-order valence-electron chi connectivity index (χ0n) is 19.9. The molecule has 0 aliphatic carbocycles. The van der Waals surface area contributed by atoms with Gasteiger partial charge >= 0.3 is 5.97 Å². The zero-order valence-corrected chi connectivity index (χ0v) is 19.9. The molecule has 0 radical (unpaired) electrons. The molecular weight excluding hydrogens is 428 g/mol. The zero-order chi connectivity index (χ0) is 24.9. The van der Waals surface area contributed by atoms with E-state index >= 15 is 0 Å². The van der Waals surface area contributed by atoms with Crippen LogP contribution in [0.1, 0.15) is 60.0 Å². The Morgan fingerprint density at radius 1 is 1.12 bits per heavy atom. The maximum absolute atomic E-state index is 12.8. The van der Waals surface area contributed by atoms with E-state index in [-0.39, 0.29) is 18.2 Å². The van der Waals surface area contributed by atoms with Crippen LogP contribution in [0.4, 0.5) is 0 Å². The number of oxazole rings is 1. The van der Waals surface area contributed by atoms with Gasteiger partial charge in [-0.3, -0.25) is 14.4 Å². The number of aliphatic hydroxyl groups is 1. The Morgan fingerprint density at radius 3 is 2.33 bits per heavy atom. The van der Waals surface area contributed by atoms with Crippen LogP contribution in [0.2, 0.25) is 0 Å². The van der Waals surface area contributed by atoms with E-state index in [4.69, 9.17) is 14.9 Å². The Balaban J connectivity index is 2.19. The minimum absolute atomic E-state index is 0.0522. The van der Waals surface area contributed by atoms with Crippen molar-refractivity contribution in [2.24, 2.45) is 11.7 Å². The van der Waals surface area contributed by atoms with E-state index in [2.05, 4.69) is 15.6 Å². The number of rotatable bonds is 9. The number of hydrogen-bond donors (Lipinski definition) is 4. The van der Waals surface area contributed by atoms with Crippen LogP contribution in [0.5, 0.6) is 0 Å². The number of nitrogens with one attached hydrogen (secondary N) is 2. The molecule has 0 aliphatic rings. The van der Waals surface area contributed by atoms with E-state index < -0.39 is 47.6 Å². The fourth-order valence-electron chi connectivity index (χ4n) is 2.98. The van der Waals surface area contributed by atoms with Gasteiger partial charge in [0.15, 0.2) is 11.7 Å². The van der Waals surface area contributed by atoms with Crippen LogP contribution in [0.25, 0.3) is 11.1 Å². The number of aliphatic hydroxyl groups excluding tert-OH is 1. The Hall–Kier alpha value is -2.98. The molecule has 0 saturated heterocycles. The second kappa shape index (κ2) is 10.8. The van der Waals surface area contributed by atoms with Gasteiger partial charge in [0.25, 0.3) is 0 Å². The van der Waals surface area contributed by atoms with Gasteiger partial charge in [-0.25, -0.2) is 4.98 Å². The molecule has 0 aliphatic heterocycles. The summed E-state index contributed by atoms with van der Waals surface area (Å²) in [5.41, 5.74) is 6.06. The van der Waals surface area contributed by atoms with E-state index in [0.29, 0.717) is 11.1 Å². The van der Waals surface area contributed by atoms with Crippen LogP contribution in [0.15, 0.2) is 28.7 Å². The minimum Gasteiger partial charge on any atom is -0.460 e. The summed E-state index contributed by atoms with van der Waals surface area (Å²) in [5, 5.41) is 16.1. The van der Waals surface area contributed by atoms with Gasteiger partial charge in [-0.2, -0.15) is 0 Å². The third kappa shape index (κ3) is 7.54. The van der Waals surface area contributed by atoms with E-state index in [1.807, 2.05) is 0 Å². The van der Waals surface area contributed by atoms with Crippen LogP contribution in [0, 0.1) is 5.92 Å². The van der Waals surface area contributed by atoms with Crippen LogP contribution in [-0.2, 0) is 19.1 Å². The van der Waals surface area contributed by atoms with E-state index in [1.54, 1.807) is 58.9 Å². The molecule has 182 valence electrons. The van der Waals surface area contributed by atoms with Gasteiger partial charge in [-0.15, -0.1) is 0 Å². The maximum Gasteiger partial charge on any atom is 0.308 e. The summed E-state index contributed by atoms with van der Waals surface area (Å²) < 4.78 is 10.9. The monoisotopic (exact) mass is 462 g/mol. The largest absolute Gasteiger partial charge is 0.460 e. The standard InChI is InChI=1S/C23H34N4O6/c1-12(2)18(24)21(31)25-13(3)20(30)26-15(11-17(28)33-23(4,5)6)19(29)22-27-14-9-7-8-10-16(14)32-22/h7-10,12-13,15,18-19,29H,11,24H2,1-6H3,(H,25,31)(H,26,30)/t13-,15+,18+,19?/m0/s1. The highest BCUT2D eigenvalue weighted by Gasteiger charge is 2.33. The van der Waals surface area contributed by atoms with Gasteiger partial charge in [-0.05, 0) is 45.7 Å². The SMILES string of the molecule is CC(C)[C@@H](N)C(=O)N[C@@H](C)C(=O)N[C@H](CC(=O)OC(C)(C)C)C(O)c1nc2ccccc2o1. The minimum atomic E-state index is -1.44. The number of para-hydroxylation sites is 2. The van der Waals surface area contributed by atoms with Crippen molar-refractivity contribution in [1.82, 2.24) is 15.6 Å². The van der Waals surface area contributed by atoms with E-state index in [1.165, 1.54) is 6.92 Å². The molecule has 0 fully saturated rings. The fraction of sp³-hybridized carbons (Fsp3) is 0.565. The molecule has 33 heavy (non-hydrogen) atoms. The summed E-state index contributed by atoms with van der Waals surface area (Å²) in [6.07, 6.45) is -1.77. The molecule has 1 aromatic carbocycles. The number of benzene rings is 1. The fourth-order valence-corrected chi connectivity index (χ4v) is 2.98. The Morgan fingerprint density at radius 2 is 1.76 bits per heavy atom. The second-order valence-corrected chi connectivity index (χ2v) is 9.37. The number of fused-ring (bicyclic) bond motifs is 1. The summed E-state index contributed by atoms with van der Waals surface area (Å²) in [6.45, 7) is 10.2. The van der Waals surface area contributed by atoms with Crippen molar-refractivity contribution in [2.45, 2.75) is 77.8 Å². The first-order valence-corrected chi connectivity index (χ1v) is 10.9. The number of carbonyl (C=O) groups excluding carboxylic acids is 3. The third-order valence-electron chi connectivity index (χ3n) is 4.85. The predicted molar refractivity (Wildman–Crippen MR) is 122 cm³/mol. The van der Waals surface area contributed by atoms with E-state index in [9.17, 15) is 19.5 Å². The van der Waals surface area contributed by atoms with Crippen molar-refractivity contribution in [3.63, 3.8) is 0 Å². The van der Waals surface area contributed by atoms with Crippen molar-refractivity contribution in [3.05, 3.63) is 30.2 Å². The van der Waals surface area contributed by atoms with Gasteiger partial charge in [0, 0.05) is 0 Å². The van der Waals surface area contributed by atoms with Crippen molar-refractivity contribution >= 4 is 28.9 Å². The number of nitrogens with two attached hydrogens (primary N) is 1. The summed E-state index contributed by atoms with van der Waals surface area (Å²) in [4.78, 5) is 41.7. The summed E-state index contributed by atoms with van der Waals surface area (Å²) in [7, 11) is 0. The van der Waals surface area contributed by atoms with Gasteiger partial charge < -0.3 is 30.6 Å². The molecule has 1 aromatic heterocycles. The highest BCUT2D eigenvalue weighted by molar-refractivity contribution is 5.89. The summed E-state index contributed by atoms with van der Waals surface area (Å²) in [5.74, 6) is -1.87. The predicted octanol–water partition coefficient (Wildman–Crippen LogP) is 1.57. The van der Waals surface area contributed by atoms with Crippen molar-refractivity contribution < 1.29 is 28.6 Å². The van der Waals surface area contributed by atoms with Gasteiger partial charge in [0.1, 0.15) is 17.2 Å². The Bertz CT molecular complexity index is 948. The highest BCUT2D eigenvalue weighted by atomic mass is 16.6. The molecule has 1 unspecified atom stereocenters. The molecule has 10 heteroatoms. The second-order valence-electron chi connectivity index (χ2n) is 9.37. The number of carbonyl (C=O) groups is 3. The molecule has 2 rings (SSSR count). The Labute approximate surface area is 193 Å². The molecule has 4 atom stereocenters. The maximum atomic E-state index is 12.8. The number of aromatic nitrogens is 1.